The fourth-order valence-electron chi connectivity index (χ4n) is 3.36. The largest absolute Gasteiger partial charge is 0.489 e. The Balaban J connectivity index is 1.61. The summed E-state index contributed by atoms with van der Waals surface area (Å²) in [5, 5.41) is 0. The van der Waals surface area contributed by atoms with E-state index in [1.54, 1.807) is 16.7 Å². The second kappa shape index (κ2) is 5.79. The van der Waals surface area contributed by atoms with Gasteiger partial charge in [-0.25, -0.2) is 12.7 Å². The molecule has 22 heavy (non-hydrogen) atoms. The van der Waals surface area contributed by atoms with Crippen molar-refractivity contribution in [1.29, 1.82) is 0 Å². The van der Waals surface area contributed by atoms with Crippen LogP contribution in [0.15, 0.2) is 24.5 Å². The average molecular weight is 326 g/mol. The molecule has 1 aromatic heterocycles. The monoisotopic (exact) mass is 326 g/mol. The van der Waals surface area contributed by atoms with E-state index in [2.05, 4.69) is 4.98 Å². The Hall–Kier alpha value is -1.18. The van der Waals surface area contributed by atoms with Crippen LogP contribution in [0.4, 0.5) is 0 Å². The van der Waals surface area contributed by atoms with Gasteiger partial charge in [0.05, 0.1) is 18.6 Å². The van der Waals surface area contributed by atoms with Gasteiger partial charge in [-0.15, -0.1) is 0 Å². The summed E-state index contributed by atoms with van der Waals surface area (Å²) in [5.41, 5.74) is -0.376. The van der Waals surface area contributed by atoms with Gasteiger partial charge >= 0.3 is 0 Å². The highest BCUT2D eigenvalue weighted by atomic mass is 32.2. The topological polar surface area (TPSA) is 68.7 Å². The lowest BCUT2D eigenvalue weighted by Gasteiger charge is -2.32. The number of hydrogen-bond donors (Lipinski definition) is 0. The molecule has 0 saturated carbocycles. The molecule has 0 aromatic carbocycles. The van der Waals surface area contributed by atoms with E-state index >= 15 is 0 Å². The summed E-state index contributed by atoms with van der Waals surface area (Å²) in [5.74, 6) is 0.964. The van der Waals surface area contributed by atoms with Crippen LogP contribution in [0.1, 0.15) is 19.8 Å². The second-order valence-corrected chi connectivity index (χ2v) is 8.44. The molecule has 0 radical (unpaired) electrons. The minimum Gasteiger partial charge on any atom is -0.489 e. The van der Waals surface area contributed by atoms with E-state index in [4.69, 9.17) is 9.47 Å². The summed E-state index contributed by atoms with van der Waals surface area (Å²) in [6, 6.07) is 3.70. The molecule has 3 atom stereocenters. The van der Waals surface area contributed by atoms with E-state index < -0.39 is 10.0 Å². The SMILES string of the molecule is C[C@]1(COc2cccnc2)C[C@@H]2CN(S(C)(=O)=O)CC[C@@H]2O1. The first-order chi connectivity index (χ1) is 10.4. The number of aromatic nitrogens is 1. The van der Waals surface area contributed by atoms with Crippen LogP contribution in [0.25, 0.3) is 0 Å². The lowest BCUT2D eigenvalue weighted by atomic mass is 9.90. The Morgan fingerprint density at radius 2 is 2.36 bits per heavy atom. The first-order valence-corrected chi connectivity index (χ1v) is 9.36. The maximum Gasteiger partial charge on any atom is 0.211 e. The first kappa shape index (κ1) is 15.7. The molecular weight excluding hydrogens is 304 g/mol. The number of nitrogens with zero attached hydrogens (tertiary/aromatic N) is 2. The highest BCUT2D eigenvalue weighted by Crippen LogP contribution is 2.40. The second-order valence-electron chi connectivity index (χ2n) is 6.46. The van der Waals surface area contributed by atoms with E-state index in [9.17, 15) is 8.42 Å². The molecule has 0 amide bonds. The fraction of sp³-hybridized carbons (Fsp3) is 0.667. The Morgan fingerprint density at radius 1 is 1.55 bits per heavy atom. The van der Waals surface area contributed by atoms with E-state index in [1.807, 2.05) is 19.1 Å². The summed E-state index contributed by atoms with van der Waals surface area (Å²) in [6.07, 6.45) is 6.34. The Kier molecular flexibility index (Phi) is 4.13. The summed E-state index contributed by atoms with van der Waals surface area (Å²) >= 11 is 0. The molecule has 0 unspecified atom stereocenters. The molecule has 0 aliphatic carbocycles. The van der Waals surface area contributed by atoms with Gasteiger partial charge in [-0.1, -0.05) is 0 Å². The van der Waals surface area contributed by atoms with Crippen molar-refractivity contribution in [3.8, 4) is 5.75 Å². The van der Waals surface area contributed by atoms with Crippen molar-refractivity contribution in [2.45, 2.75) is 31.5 Å². The van der Waals surface area contributed by atoms with Crippen molar-refractivity contribution in [3.05, 3.63) is 24.5 Å². The highest BCUT2D eigenvalue weighted by Gasteiger charge is 2.47. The lowest BCUT2D eigenvalue weighted by Crippen LogP contribution is -2.43. The third-order valence-corrected chi connectivity index (χ3v) is 5.67. The Labute approximate surface area is 131 Å². The van der Waals surface area contributed by atoms with Gasteiger partial charge in [0.25, 0.3) is 0 Å². The summed E-state index contributed by atoms with van der Waals surface area (Å²) in [6.45, 7) is 3.57. The zero-order valence-electron chi connectivity index (χ0n) is 12.9. The molecule has 2 aliphatic rings. The predicted octanol–water partition coefficient (Wildman–Crippen LogP) is 1.29. The average Bonchev–Trinajstić information content (AvgIpc) is 2.81. The molecule has 2 saturated heterocycles. The third kappa shape index (κ3) is 3.42. The molecule has 2 fully saturated rings. The van der Waals surface area contributed by atoms with Crippen molar-refractivity contribution in [1.82, 2.24) is 9.29 Å². The fourth-order valence-corrected chi connectivity index (χ4v) is 4.26. The standard InChI is InChI=1S/C15H22N2O4S/c1-15(11-20-13-4-3-6-16-9-13)8-12-10-17(22(2,18)19)7-5-14(12)21-15/h3-4,6,9,12,14H,5,7-8,10-11H2,1-2H3/t12-,14+,15-/m1/s1. The lowest BCUT2D eigenvalue weighted by molar-refractivity contribution is -0.0655. The van der Waals surface area contributed by atoms with Gasteiger partial charge in [0.15, 0.2) is 0 Å². The van der Waals surface area contributed by atoms with Crippen molar-refractivity contribution in [2.24, 2.45) is 5.92 Å². The van der Waals surface area contributed by atoms with Gasteiger partial charge < -0.3 is 9.47 Å². The highest BCUT2D eigenvalue weighted by molar-refractivity contribution is 7.88. The first-order valence-electron chi connectivity index (χ1n) is 7.51. The molecule has 0 bridgehead atoms. The maximum absolute atomic E-state index is 11.7. The van der Waals surface area contributed by atoms with Gasteiger partial charge in [0.1, 0.15) is 18.0 Å². The van der Waals surface area contributed by atoms with Crippen molar-refractivity contribution in [2.75, 3.05) is 26.0 Å². The van der Waals surface area contributed by atoms with Gasteiger partial charge in [-0.2, -0.15) is 0 Å². The molecular formula is C15H22N2O4S. The van der Waals surface area contributed by atoms with Gasteiger partial charge in [0, 0.05) is 25.2 Å². The van der Waals surface area contributed by atoms with E-state index in [1.165, 1.54) is 6.26 Å². The molecule has 3 heterocycles. The molecule has 2 aliphatic heterocycles. The van der Waals surface area contributed by atoms with Crippen molar-refractivity contribution < 1.29 is 17.9 Å². The zero-order chi connectivity index (χ0) is 15.8. The molecule has 122 valence electrons. The summed E-state index contributed by atoms with van der Waals surface area (Å²) < 4.78 is 36.9. The number of ether oxygens (including phenoxy) is 2. The minimum absolute atomic E-state index is 0.125. The number of pyridine rings is 1. The normalized spacial score (nSPS) is 32.6. The smallest absolute Gasteiger partial charge is 0.211 e. The predicted molar refractivity (Wildman–Crippen MR) is 82.2 cm³/mol. The zero-order valence-corrected chi connectivity index (χ0v) is 13.8. The molecule has 0 spiro atoms. The van der Waals surface area contributed by atoms with Gasteiger partial charge in [0.2, 0.25) is 10.0 Å². The van der Waals surface area contributed by atoms with Crippen LogP contribution in [0.5, 0.6) is 5.75 Å². The molecule has 7 heteroatoms. The van der Waals surface area contributed by atoms with Crippen LogP contribution >= 0.6 is 0 Å². The summed E-state index contributed by atoms with van der Waals surface area (Å²) in [4.78, 5) is 4.02. The molecule has 0 N–H and O–H groups in total. The van der Waals surface area contributed by atoms with Crippen LogP contribution in [-0.2, 0) is 14.8 Å². The van der Waals surface area contributed by atoms with Crippen LogP contribution in [0.3, 0.4) is 0 Å². The van der Waals surface area contributed by atoms with Crippen LogP contribution in [-0.4, -0.2) is 55.4 Å². The number of fused-ring (bicyclic) bond motifs is 1. The number of rotatable bonds is 4. The number of hydrogen-bond acceptors (Lipinski definition) is 5. The van der Waals surface area contributed by atoms with Crippen LogP contribution in [0.2, 0.25) is 0 Å². The quantitative estimate of drug-likeness (QED) is 0.834. The number of piperidine rings is 1. The van der Waals surface area contributed by atoms with Crippen molar-refractivity contribution in [3.63, 3.8) is 0 Å². The molecule has 6 nitrogen and oxygen atoms in total. The van der Waals surface area contributed by atoms with E-state index in [-0.39, 0.29) is 17.6 Å². The maximum atomic E-state index is 11.7. The van der Waals surface area contributed by atoms with E-state index in [0.29, 0.717) is 19.7 Å². The van der Waals surface area contributed by atoms with Crippen LogP contribution < -0.4 is 4.74 Å². The molecule has 3 rings (SSSR count). The Morgan fingerprint density at radius 3 is 3.05 bits per heavy atom. The van der Waals surface area contributed by atoms with Gasteiger partial charge in [-0.3, -0.25) is 4.98 Å². The molecule has 1 aromatic rings. The number of sulfonamides is 1. The van der Waals surface area contributed by atoms with Crippen LogP contribution in [0, 0.1) is 5.92 Å². The summed E-state index contributed by atoms with van der Waals surface area (Å²) in [7, 11) is -3.12. The Bertz CT molecular complexity index is 622. The van der Waals surface area contributed by atoms with Gasteiger partial charge in [-0.05, 0) is 31.9 Å². The third-order valence-electron chi connectivity index (χ3n) is 4.40. The minimum atomic E-state index is -3.12. The van der Waals surface area contributed by atoms with Crippen molar-refractivity contribution >= 4 is 10.0 Å². The van der Waals surface area contributed by atoms with E-state index in [0.717, 1.165) is 18.6 Å².